The molecule has 0 bridgehead atoms. The molecule has 0 saturated heterocycles. The Morgan fingerprint density at radius 1 is 1.53 bits per heavy atom. The highest BCUT2D eigenvalue weighted by atomic mass is 16.5. The minimum Gasteiger partial charge on any atom is -0.465 e. The first-order valence-electron chi connectivity index (χ1n) is 4.97. The SMILES string of the molecule is COC(=O)c1cccnc1NCc1ccon1. The van der Waals surface area contributed by atoms with Gasteiger partial charge >= 0.3 is 5.97 Å². The number of ether oxygens (including phenoxy) is 1. The second-order valence-electron chi connectivity index (χ2n) is 3.24. The van der Waals surface area contributed by atoms with Crippen molar-refractivity contribution in [2.45, 2.75) is 6.54 Å². The van der Waals surface area contributed by atoms with E-state index in [2.05, 4.69) is 20.2 Å². The maximum absolute atomic E-state index is 11.5. The van der Waals surface area contributed by atoms with Gasteiger partial charge in [0.15, 0.2) is 0 Å². The van der Waals surface area contributed by atoms with E-state index in [0.717, 1.165) is 5.69 Å². The van der Waals surface area contributed by atoms with E-state index in [-0.39, 0.29) is 0 Å². The fraction of sp³-hybridized carbons (Fsp3) is 0.182. The first-order chi connectivity index (χ1) is 8.31. The van der Waals surface area contributed by atoms with Gasteiger partial charge in [-0.15, -0.1) is 0 Å². The Morgan fingerprint density at radius 3 is 3.12 bits per heavy atom. The number of rotatable bonds is 4. The molecule has 6 nitrogen and oxygen atoms in total. The number of carbonyl (C=O) groups is 1. The van der Waals surface area contributed by atoms with Crippen LogP contribution in [-0.4, -0.2) is 23.2 Å². The molecule has 0 atom stereocenters. The lowest BCUT2D eigenvalue weighted by atomic mass is 10.2. The predicted molar refractivity (Wildman–Crippen MR) is 59.4 cm³/mol. The molecule has 0 unspecified atom stereocenters. The van der Waals surface area contributed by atoms with Crippen LogP contribution in [0.5, 0.6) is 0 Å². The Hall–Kier alpha value is -2.37. The number of carbonyl (C=O) groups excluding carboxylic acids is 1. The molecule has 1 N–H and O–H groups in total. The van der Waals surface area contributed by atoms with E-state index in [9.17, 15) is 4.79 Å². The third kappa shape index (κ3) is 2.60. The Labute approximate surface area is 97.6 Å². The first kappa shape index (κ1) is 11.1. The van der Waals surface area contributed by atoms with Crippen molar-refractivity contribution >= 4 is 11.8 Å². The first-order valence-corrected chi connectivity index (χ1v) is 4.97. The molecular weight excluding hydrogens is 222 g/mol. The van der Waals surface area contributed by atoms with Gasteiger partial charge in [-0.05, 0) is 12.1 Å². The van der Waals surface area contributed by atoms with Crippen LogP contribution in [0.3, 0.4) is 0 Å². The lowest BCUT2D eigenvalue weighted by Gasteiger charge is -2.07. The molecule has 0 radical (unpaired) electrons. The maximum atomic E-state index is 11.5. The van der Waals surface area contributed by atoms with Crippen LogP contribution in [-0.2, 0) is 11.3 Å². The van der Waals surface area contributed by atoms with Crippen LogP contribution < -0.4 is 5.32 Å². The molecule has 6 heteroatoms. The zero-order valence-electron chi connectivity index (χ0n) is 9.21. The van der Waals surface area contributed by atoms with Gasteiger partial charge in [0.05, 0.1) is 13.7 Å². The normalized spacial score (nSPS) is 9.94. The van der Waals surface area contributed by atoms with E-state index in [4.69, 9.17) is 4.52 Å². The molecular formula is C11H11N3O3. The van der Waals surface area contributed by atoms with Crippen LogP contribution in [0.15, 0.2) is 35.2 Å². The third-order valence-electron chi connectivity index (χ3n) is 2.14. The van der Waals surface area contributed by atoms with Crippen molar-refractivity contribution in [1.29, 1.82) is 0 Å². The topological polar surface area (TPSA) is 77.2 Å². The van der Waals surface area contributed by atoms with E-state index >= 15 is 0 Å². The molecule has 0 aliphatic carbocycles. The minimum absolute atomic E-state index is 0.387. The smallest absolute Gasteiger partial charge is 0.341 e. The number of hydrogen-bond donors (Lipinski definition) is 1. The molecule has 2 aromatic rings. The van der Waals surface area contributed by atoms with Gasteiger partial charge in [-0.25, -0.2) is 9.78 Å². The van der Waals surface area contributed by atoms with E-state index in [0.29, 0.717) is 17.9 Å². The summed E-state index contributed by atoms with van der Waals surface area (Å²) in [6.07, 6.45) is 3.08. The fourth-order valence-corrected chi connectivity index (χ4v) is 1.32. The van der Waals surface area contributed by atoms with Gasteiger partial charge in [-0.3, -0.25) is 0 Å². The number of pyridine rings is 1. The standard InChI is InChI=1S/C11H11N3O3/c1-16-11(15)9-3-2-5-12-10(9)13-7-8-4-6-17-14-8/h2-6H,7H2,1H3,(H,12,13). The Morgan fingerprint density at radius 2 is 2.41 bits per heavy atom. The van der Waals surface area contributed by atoms with E-state index in [1.165, 1.54) is 13.4 Å². The van der Waals surface area contributed by atoms with Crippen LogP contribution in [0, 0.1) is 0 Å². The minimum atomic E-state index is -0.430. The van der Waals surface area contributed by atoms with Crippen LogP contribution in [0.2, 0.25) is 0 Å². The van der Waals surface area contributed by atoms with Gasteiger partial charge < -0.3 is 14.6 Å². The van der Waals surface area contributed by atoms with Crippen molar-refractivity contribution in [2.24, 2.45) is 0 Å². The van der Waals surface area contributed by atoms with E-state index in [1.807, 2.05) is 0 Å². The number of aromatic nitrogens is 2. The molecule has 2 heterocycles. The van der Waals surface area contributed by atoms with Gasteiger partial charge in [-0.2, -0.15) is 0 Å². The second kappa shape index (κ2) is 5.11. The van der Waals surface area contributed by atoms with Gasteiger partial charge in [-0.1, -0.05) is 5.16 Å². The molecule has 0 aliphatic rings. The molecule has 0 amide bonds. The van der Waals surface area contributed by atoms with Crippen LogP contribution in [0.1, 0.15) is 16.1 Å². The highest BCUT2D eigenvalue weighted by Crippen LogP contribution is 2.13. The number of esters is 1. The van der Waals surface area contributed by atoms with Gasteiger partial charge in [0.2, 0.25) is 0 Å². The van der Waals surface area contributed by atoms with Crippen LogP contribution in [0.4, 0.5) is 5.82 Å². The molecule has 0 spiro atoms. The fourth-order valence-electron chi connectivity index (χ4n) is 1.32. The van der Waals surface area contributed by atoms with Crippen LogP contribution >= 0.6 is 0 Å². The summed E-state index contributed by atoms with van der Waals surface area (Å²) in [5, 5.41) is 6.74. The highest BCUT2D eigenvalue weighted by Gasteiger charge is 2.12. The Kier molecular flexibility index (Phi) is 3.34. The molecule has 88 valence electrons. The van der Waals surface area contributed by atoms with Crippen molar-refractivity contribution < 1.29 is 14.1 Å². The Bertz CT molecular complexity index is 496. The summed E-state index contributed by atoms with van der Waals surface area (Å²) in [6, 6.07) is 5.05. The number of nitrogens with one attached hydrogen (secondary N) is 1. The average Bonchev–Trinajstić information content (AvgIpc) is 2.89. The predicted octanol–water partition coefficient (Wildman–Crippen LogP) is 1.47. The third-order valence-corrected chi connectivity index (χ3v) is 2.14. The summed E-state index contributed by atoms with van der Waals surface area (Å²) >= 11 is 0. The summed E-state index contributed by atoms with van der Waals surface area (Å²) in [6.45, 7) is 0.428. The molecule has 2 rings (SSSR count). The van der Waals surface area contributed by atoms with Crippen molar-refractivity contribution in [3.8, 4) is 0 Å². The number of nitrogens with zero attached hydrogens (tertiary/aromatic N) is 2. The number of anilines is 1. The zero-order chi connectivity index (χ0) is 12.1. The number of hydrogen-bond acceptors (Lipinski definition) is 6. The van der Waals surface area contributed by atoms with Crippen molar-refractivity contribution in [3.63, 3.8) is 0 Å². The maximum Gasteiger partial charge on any atom is 0.341 e. The van der Waals surface area contributed by atoms with Crippen LogP contribution in [0.25, 0.3) is 0 Å². The van der Waals surface area contributed by atoms with Gasteiger partial charge in [0.25, 0.3) is 0 Å². The summed E-state index contributed by atoms with van der Waals surface area (Å²) < 4.78 is 9.36. The second-order valence-corrected chi connectivity index (χ2v) is 3.24. The molecule has 17 heavy (non-hydrogen) atoms. The summed E-state index contributed by atoms with van der Waals surface area (Å²) in [5.41, 5.74) is 1.12. The molecule has 2 aromatic heterocycles. The summed E-state index contributed by atoms with van der Waals surface area (Å²) in [4.78, 5) is 15.5. The lowest BCUT2D eigenvalue weighted by Crippen LogP contribution is -2.09. The van der Waals surface area contributed by atoms with Crippen molar-refractivity contribution in [1.82, 2.24) is 10.1 Å². The average molecular weight is 233 g/mol. The Balaban J connectivity index is 2.12. The quantitative estimate of drug-likeness (QED) is 0.806. The van der Waals surface area contributed by atoms with Crippen molar-refractivity contribution in [3.05, 3.63) is 41.9 Å². The van der Waals surface area contributed by atoms with E-state index in [1.54, 1.807) is 24.4 Å². The summed E-state index contributed by atoms with van der Waals surface area (Å²) in [7, 11) is 1.33. The molecule has 0 aliphatic heterocycles. The van der Waals surface area contributed by atoms with Gasteiger partial charge in [0, 0.05) is 12.3 Å². The van der Waals surface area contributed by atoms with Crippen molar-refractivity contribution in [2.75, 3.05) is 12.4 Å². The lowest BCUT2D eigenvalue weighted by molar-refractivity contribution is 0.0601. The van der Waals surface area contributed by atoms with Gasteiger partial charge in [0.1, 0.15) is 23.3 Å². The molecule has 0 fully saturated rings. The monoisotopic (exact) mass is 233 g/mol. The molecule has 0 saturated carbocycles. The largest absolute Gasteiger partial charge is 0.465 e. The molecule has 0 aromatic carbocycles. The highest BCUT2D eigenvalue weighted by molar-refractivity contribution is 5.94. The number of methoxy groups -OCH3 is 1. The zero-order valence-corrected chi connectivity index (χ0v) is 9.21. The summed E-state index contributed by atoms with van der Waals surface area (Å²) in [5.74, 6) is 0.0307. The van der Waals surface area contributed by atoms with E-state index < -0.39 is 5.97 Å².